The van der Waals surface area contributed by atoms with Crippen LogP contribution in [-0.4, -0.2) is 66.6 Å². The van der Waals surface area contributed by atoms with Gasteiger partial charge in [-0.25, -0.2) is 0 Å². The number of hydrogen-bond acceptors (Lipinski definition) is 4. The molecule has 132 valence electrons. The van der Waals surface area contributed by atoms with Crippen LogP contribution in [0.3, 0.4) is 0 Å². The molecule has 24 heavy (non-hydrogen) atoms. The van der Waals surface area contributed by atoms with Gasteiger partial charge in [0.2, 0.25) is 0 Å². The van der Waals surface area contributed by atoms with E-state index in [1.54, 1.807) is 5.01 Å². The molecule has 0 saturated carbocycles. The average Bonchev–Trinajstić information content (AvgIpc) is 2.61. The molecule has 0 aliphatic carbocycles. The number of thiocarbonyl (C=S) groups is 2. The number of benzene rings is 1. The maximum absolute atomic E-state index is 5.35. The SMILES string of the molecule is CN(NC(=S)NCCN1CCOCC1)C(=S)NCc1ccccc1. The number of ether oxygens (including phenoxy) is 1. The standard InChI is InChI=1S/C16H25N5OS2/c1-20(16(24)18-13-14-5-3-2-4-6-14)19-15(23)17-7-8-21-9-11-22-12-10-21/h2-6H,7-13H2,1H3,(H,18,24)(H2,17,19,23). The zero-order valence-electron chi connectivity index (χ0n) is 14.0. The molecule has 0 spiro atoms. The highest BCUT2D eigenvalue weighted by Crippen LogP contribution is 1.97. The second kappa shape index (κ2) is 10.4. The molecule has 1 aliphatic rings. The Bertz CT molecular complexity index is 522. The van der Waals surface area contributed by atoms with Gasteiger partial charge in [-0.3, -0.25) is 15.3 Å². The van der Waals surface area contributed by atoms with Crippen molar-refractivity contribution in [2.24, 2.45) is 0 Å². The van der Waals surface area contributed by atoms with Crippen LogP contribution in [0, 0.1) is 0 Å². The third-order valence-corrected chi connectivity index (χ3v) is 4.33. The Labute approximate surface area is 154 Å². The lowest BCUT2D eigenvalue weighted by atomic mass is 10.2. The molecule has 1 fully saturated rings. The summed E-state index contributed by atoms with van der Waals surface area (Å²) in [4.78, 5) is 2.36. The van der Waals surface area contributed by atoms with Gasteiger partial charge in [0.1, 0.15) is 0 Å². The van der Waals surface area contributed by atoms with Gasteiger partial charge in [-0.15, -0.1) is 0 Å². The highest BCUT2D eigenvalue weighted by molar-refractivity contribution is 7.80. The summed E-state index contributed by atoms with van der Waals surface area (Å²) < 4.78 is 5.33. The Kier molecular flexibility index (Phi) is 8.17. The first-order valence-electron chi connectivity index (χ1n) is 8.05. The predicted molar refractivity (Wildman–Crippen MR) is 105 cm³/mol. The normalized spacial score (nSPS) is 14.7. The fourth-order valence-electron chi connectivity index (χ4n) is 2.29. The maximum atomic E-state index is 5.35. The van der Waals surface area contributed by atoms with Crippen molar-refractivity contribution in [3.05, 3.63) is 35.9 Å². The molecule has 1 aromatic carbocycles. The first kappa shape index (κ1) is 18.9. The quantitative estimate of drug-likeness (QED) is 0.520. The molecule has 1 aliphatic heterocycles. The van der Waals surface area contributed by atoms with Crippen LogP contribution in [0.15, 0.2) is 30.3 Å². The van der Waals surface area contributed by atoms with Gasteiger partial charge in [0.15, 0.2) is 10.2 Å². The van der Waals surface area contributed by atoms with E-state index in [4.69, 9.17) is 29.2 Å². The van der Waals surface area contributed by atoms with Crippen LogP contribution >= 0.6 is 24.4 Å². The second-order valence-electron chi connectivity index (χ2n) is 5.53. The number of nitrogens with one attached hydrogen (secondary N) is 3. The molecule has 8 heteroatoms. The molecule has 0 bridgehead atoms. The van der Waals surface area contributed by atoms with E-state index in [1.165, 1.54) is 5.56 Å². The van der Waals surface area contributed by atoms with Crippen LogP contribution in [-0.2, 0) is 11.3 Å². The van der Waals surface area contributed by atoms with Gasteiger partial charge in [-0.2, -0.15) is 0 Å². The van der Waals surface area contributed by atoms with Gasteiger partial charge in [0.05, 0.1) is 13.2 Å². The minimum Gasteiger partial charge on any atom is -0.379 e. The predicted octanol–water partition coefficient (Wildman–Crippen LogP) is 0.704. The molecule has 0 unspecified atom stereocenters. The lowest BCUT2D eigenvalue weighted by Gasteiger charge is -2.27. The minimum atomic E-state index is 0.564. The van der Waals surface area contributed by atoms with Crippen molar-refractivity contribution in [2.75, 3.05) is 46.4 Å². The van der Waals surface area contributed by atoms with E-state index in [1.807, 2.05) is 25.2 Å². The monoisotopic (exact) mass is 367 g/mol. The third-order valence-electron chi connectivity index (χ3n) is 3.68. The van der Waals surface area contributed by atoms with Gasteiger partial charge < -0.3 is 15.4 Å². The summed E-state index contributed by atoms with van der Waals surface area (Å²) in [6.07, 6.45) is 0. The smallest absolute Gasteiger partial charge is 0.187 e. The Morgan fingerprint density at radius 3 is 2.58 bits per heavy atom. The number of morpholine rings is 1. The maximum Gasteiger partial charge on any atom is 0.187 e. The Morgan fingerprint density at radius 1 is 1.17 bits per heavy atom. The van der Waals surface area contributed by atoms with E-state index in [2.05, 4.69) is 33.1 Å². The molecule has 3 N–H and O–H groups in total. The van der Waals surface area contributed by atoms with Crippen molar-refractivity contribution < 1.29 is 4.74 Å². The number of rotatable bonds is 5. The molecule has 0 atom stereocenters. The summed E-state index contributed by atoms with van der Waals surface area (Å²) in [5, 5.41) is 9.26. The summed E-state index contributed by atoms with van der Waals surface area (Å²) >= 11 is 10.7. The molecular formula is C16H25N5OS2. The molecule has 0 radical (unpaired) electrons. The second-order valence-corrected chi connectivity index (χ2v) is 6.32. The topological polar surface area (TPSA) is 51.8 Å². The van der Waals surface area contributed by atoms with E-state index < -0.39 is 0 Å². The van der Waals surface area contributed by atoms with Crippen molar-refractivity contribution in [1.82, 2.24) is 26.0 Å². The van der Waals surface area contributed by atoms with Crippen LogP contribution in [0.4, 0.5) is 0 Å². The van der Waals surface area contributed by atoms with Crippen molar-refractivity contribution in [3.63, 3.8) is 0 Å². The molecule has 1 aromatic rings. The van der Waals surface area contributed by atoms with E-state index in [0.29, 0.717) is 16.8 Å². The highest BCUT2D eigenvalue weighted by Gasteiger charge is 2.10. The molecule has 0 aromatic heterocycles. The van der Waals surface area contributed by atoms with Crippen molar-refractivity contribution >= 4 is 34.7 Å². The van der Waals surface area contributed by atoms with Gasteiger partial charge in [-0.1, -0.05) is 30.3 Å². The summed E-state index contributed by atoms with van der Waals surface area (Å²) in [5.74, 6) is 0. The Balaban J connectivity index is 1.60. The van der Waals surface area contributed by atoms with Crippen LogP contribution in [0.2, 0.25) is 0 Å². The van der Waals surface area contributed by atoms with Crippen LogP contribution in [0.5, 0.6) is 0 Å². The first-order valence-corrected chi connectivity index (χ1v) is 8.87. The van der Waals surface area contributed by atoms with E-state index in [-0.39, 0.29) is 0 Å². The molecule has 1 saturated heterocycles. The number of hydrazine groups is 1. The summed E-state index contributed by atoms with van der Waals surface area (Å²) in [6, 6.07) is 10.1. The molecule has 0 amide bonds. The highest BCUT2D eigenvalue weighted by atomic mass is 32.1. The van der Waals surface area contributed by atoms with Crippen molar-refractivity contribution in [2.45, 2.75) is 6.54 Å². The van der Waals surface area contributed by atoms with Crippen LogP contribution < -0.4 is 16.1 Å². The zero-order valence-corrected chi connectivity index (χ0v) is 15.6. The molecular weight excluding hydrogens is 342 g/mol. The molecule has 2 rings (SSSR count). The van der Waals surface area contributed by atoms with E-state index in [9.17, 15) is 0 Å². The largest absolute Gasteiger partial charge is 0.379 e. The lowest BCUT2D eigenvalue weighted by Crippen LogP contribution is -2.52. The van der Waals surface area contributed by atoms with Gasteiger partial charge in [0, 0.05) is 39.8 Å². The number of nitrogens with zero attached hydrogens (tertiary/aromatic N) is 2. The van der Waals surface area contributed by atoms with E-state index >= 15 is 0 Å². The van der Waals surface area contributed by atoms with Crippen molar-refractivity contribution in [1.29, 1.82) is 0 Å². The fourth-order valence-corrected chi connectivity index (χ4v) is 2.64. The first-order chi connectivity index (χ1) is 11.6. The third kappa shape index (κ3) is 6.96. The van der Waals surface area contributed by atoms with Crippen LogP contribution in [0.25, 0.3) is 0 Å². The van der Waals surface area contributed by atoms with Gasteiger partial charge in [-0.05, 0) is 30.0 Å². The molecule has 6 nitrogen and oxygen atoms in total. The van der Waals surface area contributed by atoms with Crippen molar-refractivity contribution in [3.8, 4) is 0 Å². The lowest BCUT2D eigenvalue weighted by molar-refractivity contribution is 0.0389. The average molecular weight is 368 g/mol. The minimum absolute atomic E-state index is 0.564. The summed E-state index contributed by atoms with van der Waals surface area (Å²) in [6.45, 7) is 6.02. The van der Waals surface area contributed by atoms with E-state index in [0.717, 1.165) is 39.4 Å². The molecule has 1 heterocycles. The van der Waals surface area contributed by atoms with Gasteiger partial charge >= 0.3 is 0 Å². The Hall–Kier alpha value is -1.48. The van der Waals surface area contributed by atoms with Crippen LogP contribution in [0.1, 0.15) is 5.56 Å². The summed E-state index contributed by atoms with van der Waals surface area (Å²) in [7, 11) is 1.84. The van der Waals surface area contributed by atoms with Gasteiger partial charge in [0.25, 0.3) is 0 Å². The zero-order chi connectivity index (χ0) is 17.2. The Morgan fingerprint density at radius 2 is 1.88 bits per heavy atom. The number of hydrogen-bond donors (Lipinski definition) is 3. The summed E-state index contributed by atoms with van der Waals surface area (Å²) in [5.41, 5.74) is 4.24. The fraction of sp³-hybridized carbons (Fsp3) is 0.500.